The maximum absolute atomic E-state index is 10.4. The van der Waals surface area contributed by atoms with Crippen LogP contribution in [0.1, 0.15) is 34.6 Å². The average Bonchev–Trinajstić information content (AvgIpc) is 2.27. The Morgan fingerprint density at radius 2 is 1.74 bits per heavy atom. The van der Waals surface area contributed by atoms with Crippen LogP contribution in [0.2, 0.25) is 18.1 Å². The summed E-state index contributed by atoms with van der Waals surface area (Å²) in [5.74, 6) is 0.118. The first-order valence-electron chi connectivity index (χ1n) is 7.13. The Morgan fingerprint density at radius 1 is 1.21 bits per heavy atom. The van der Waals surface area contributed by atoms with Gasteiger partial charge in [-0.2, -0.15) is 0 Å². The highest BCUT2D eigenvalue weighted by Gasteiger charge is 2.47. The fraction of sp³-hybridized carbons (Fsp3) is 1.00. The SMILES string of the molecule is CC1[C@H](C)OC(CO)[C@@H](O)[C@@H]1O[Si](C)(C)C(C)(C)C. The van der Waals surface area contributed by atoms with Gasteiger partial charge < -0.3 is 19.4 Å². The van der Waals surface area contributed by atoms with E-state index in [1.807, 2.05) is 13.8 Å². The lowest BCUT2D eigenvalue weighted by molar-refractivity contribution is -0.196. The Bertz CT molecular complexity index is 300. The summed E-state index contributed by atoms with van der Waals surface area (Å²) in [7, 11) is -1.95. The molecule has 1 rings (SSSR count). The largest absolute Gasteiger partial charge is 0.411 e. The van der Waals surface area contributed by atoms with E-state index in [1.54, 1.807) is 0 Å². The van der Waals surface area contributed by atoms with Crippen LogP contribution in [0, 0.1) is 5.92 Å². The van der Waals surface area contributed by atoms with Crippen LogP contribution >= 0.6 is 0 Å². The highest BCUT2D eigenvalue weighted by Crippen LogP contribution is 2.40. The highest BCUT2D eigenvalue weighted by molar-refractivity contribution is 6.74. The molecular weight excluding hydrogens is 260 g/mol. The smallest absolute Gasteiger partial charge is 0.192 e. The lowest BCUT2D eigenvalue weighted by Gasteiger charge is -2.47. The van der Waals surface area contributed by atoms with E-state index in [0.717, 1.165) is 0 Å². The molecule has 5 heteroatoms. The average molecular weight is 290 g/mol. The molecule has 1 aliphatic rings. The zero-order valence-corrected chi connectivity index (χ0v) is 14.3. The van der Waals surface area contributed by atoms with Crippen molar-refractivity contribution in [3.63, 3.8) is 0 Å². The minimum Gasteiger partial charge on any atom is -0.411 e. The first-order valence-corrected chi connectivity index (χ1v) is 10.0. The Hall–Kier alpha value is 0.0569. The van der Waals surface area contributed by atoms with Gasteiger partial charge in [0.25, 0.3) is 0 Å². The number of hydrogen-bond acceptors (Lipinski definition) is 4. The van der Waals surface area contributed by atoms with Crippen molar-refractivity contribution in [3.05, 3.63) is 0 Å². The minimum absolute atomic E-state index is 0.0182. The normalized spacial score (nSPS) is 37.4. The molecule has 0 aliphatic carbocycles. The van der Waals surface area contributed by atoms with Gasteiger partial charge in [0.1, 0.15) is 12.2 Å². The Balaban J connectivity index is 2.90. The lowest BCUT2D eigenvalue weighted by atomic mass is 9.89. The van der Waals surface area contributed by atoms with E-state index < -0.39 is 20.5 Å². The van der Waals surface area contributed by atoms with Crippen LogP contribution in [0.5, 0.6) is 0 Å². The van der Waals surface area contributed by atoms with Crippen LogP contribution in [-0.2, 0) is 9.16 Å². The third kappa shape index (κ3) is 3.58. The van der Waals surface area contributed by atoms with Gasteiger partial charge in [0.2, 0.25) is 0 Å². The molecule has 0 amide bonds. The minimum atomic E-state index is -1.95. The summed E-state index contributed by atoms with van der Waals surface area (Å²) in [5, 5.41) is 19.8. The van der Waals surface area contributed by atoms with Crippen molar-refractivity contribution >= 4 is 8.32 Å². The maximum atomic E-state index is 10.4. The molecule has 5 atom stereocenters. The molecule has 114 valence electrons. The molecule has 4 nitrogen and oxygen atoms in total. The molecule has 19 heavy (non-hydrogen) atoms. The summed E-state index contributed by atoms with van der Waals surface area (Å²) in [5.41, 5.74) is 0. The molecule has 0 bridgehead atoms. The first kappa shape index (κ1) is 17.1. The number of aliphatic hydroxyl groups excluding tert-OH is 2. The summed E-state index contributed by atoms with van der Waals surface area (Å²) in [6.07, 6.45) is -1.58. The van der Waals surface area contributed by atoms with Crippen LogP contribution in [0.15, 0.2) is 0 Å². The number of hydrogen-bond donors (Lipinski definition) is 2. The third-order valence-electron chi connectivity index (χ3n) is 4.78. The van der Waals surface area contributed by atoms with E-state index in [-0.39, 0.29) is 29.8 Å². The van der Waals surface area contributed by atoms with Crippen molar-refractivity contribution in [3.8, 4) is 0 Å². The van der Waals surface area contributed by atoms with Crippen LogP contribution < -0.4 is 0 Å². The summed E-state index contributed by atoms with van der Waals surface area (Å²) in [6.45, 7) is 14.8. The van der Waals surface area contributed by atoms with Crippen LogP contribution in [0.3, 0.4) is 0 Å². The van der Waals surface area contributed by atoms with Crippen molar-refractivity contribution in [1.29, 1.82) is 0 Å². The van der Waals surface area contributed by atoms with E-state index in [0.29, 0.717) is 0 Å². The van der Waals surface area contributed by atoms with Crippen LogP contribution in [0.4, 0.5) is 0 Å². The van der Waals surface area contributed by atoms with Crippen molar-refractivity contribution in [2.45, 2.75) is 77.2 Å². The molecule has 0 spiro atoms. The van der Waals surface area contributed by atoms with E-state index in [4.69, 9.17) is 9.16 Å². The predicted octanol–water partition coefficient (Wildman–Crippen LogP) is 2.15. The molecular formula is C14H30O4Si. The first-order chi connectivity index (χ1) is 8.51. The van der Waals surface area contributed by atoms with Gasteiger partial charge in [0.05, 0.1) is 18.8 Å². The van der Waals surface area contributed by atoms with Gasteiger partial charge >= 0.3 is 0 Å². The van der Waals surface area contributed by atoms with Crippen molar-refractivity contribution in [2.75, 3.05) is 6.61 Å². The molecule has 1 heterocycles. The van der Waals surface area contributed by atoms with E-state index in [2.05, 4.69) is 33.9 Å². The molecule has 0 radical (unpaired) electrons. The van der Waals surface area contributed by atoms with Gasteiger partial charge in [-0.3, -0.25) is 0 Å². The van der Waals surface area contributed by atoms with Crippen LogP contribution in [0.25, 0.3) is 0 Å². The standard InChI is InChI=1S/C14H30O4Si/c1-9-10(2)17-11(8-15)12(16)13(9)18-19(6,7)14(3,4)5/h9-13,15-16H,8H2,1-7H3/t9?,10-,11?,12+,13+/m0/s1. The van der Waals surface area contributed by atoms with E-state index in [9.17, 15) is 10.2 Å². The number of ether oxygens (including phenoxy) is 1. The van der Waals surface area contributed by atoms with Gasteiger partial charge in [0, 0.05) is 5.92 Å². The lowest BCUT2D eigenvalue weighted by Crippen LogP contribution is -2.59. The van der Waals surface area contributed by atoms with Gasteiger partial charge in [0.15, 0.2) is 8.32 Å². The zero-order valence-electron chi connectivity index (χ0n) is 13.3. The number of rotatable bonds is 3. The molecule has 1 fully saturated rings. The van der Waals surface area contributed by atoms with Crippen molar-refractivity contribution < 1.29 is 19.4 Å². The van der Waals surface area contributed by atoms with Crippen molar-refractivity contribution in [2.24, 2.45) is 5.92 Å². The second-order valence-corrected chi connectivity index (χ2v) is 12.0. The molecule has 0 saturated carbocycles. The predicted molar refractivity (Wildman–Crippen MR) is 78.7 cm³/mol. The molecule has 0 aromatic rings. The summed E-state index contributed by atoms with van der Waals surface area (Å²) >= 11 is 0. The molecule has 0 aromatic heterocycles. The molecule has 0 aromatic carbocycles. The topological polar surface area (TPSA) is 58.9 Å². The van der Waals surface area contributed by atoms with E-state index in [1.165, 1.54) is 0 Å². The Morgan fingerprint density at radius 3 is 2.16 bits per heavy atom. The maximum Gasteiger partial charge on any atom is 0.192 e. The Labute approximate surface area is 118 Å². The van der Waals surface area contributed by atoms with Gasteiger partial charge in [-0.25, -0.2) is 0 Å². The zero-order chi connectivity index (χ0) is 15.0. The highest BCUT2D eigenvalue weighted by atomic mass is 28.4. The van der Waals surface area contributed by atoms with Gasteiger partial charge in [-0.05, 0) is 25.1 Å². The van der Waals surface area contributed by atoms with Crippen LogP contribution in [-0.4, -0.2) is 49.6 Å². The summed E-state index contributed by atoms with van der Waals surface area (Å²) in [4.78, 5) is 0. The Kier molecular flexibility index (Phi) is 5.24. The molecule has 1 saturated heterocycles. The third-order valence-corrected chi connectivity index (χ3v) is 9.26. The monoisotopic (exact) mass is 290 g/mol. The quantitative estimate of drug-likeness (QED) is 0.782. The second-order valence-electron chi connectivity index (χ2n) is 7.25. The number of aliphatic hydroxyl groups is 2. The van der Waals surface area contributed by atoms with Gasteiger partial charge in [-0.15, -0.1) is 0 Å². The fourth-order valence-electron chi connectivity index (χ4n) is 2.11. The second kappa shape index (κ2) is 5.82. The summed E-state index contributed by atoms with van der Waals surface area (Å²) < 4.78 is 12.0. The molecule has 1 aliphatic heterocycles. The van der Waals surface area contributed by atoms with E-state index >= 15 is 0 Å². The van der Waals surface area contributed by atoms with Crippen molar-refractivity contribution in [1.82, 2.24) is 0 Å². The molecule has 2 unspecified atom stereocenters. The summed E-state index contributed by atoms with van der Waals surface area (Å²) in [6, 6.07) is 0. The fourth-order valence-corrected chi connectivity index (χ4v) is 3.50. The molecule has 2 N–H and O–H groups in total. The van der Waals surface area contributed by atoms with Gasteiger partial charge in [-0.1, -0.05) is 27.7 Å².